The topological polar surface area (TPSA) is 22.1 Å². The molecular weight excluding hydrogens is 278 g/mol. The van der Waals surface area contributed by atoms with Crippen LogP contribution in [-0.2, 0) is 0 Å². The van der Waals surface area contributed by atoms with Crippen LogP contribution in [0.2, 0.25) is 0 Å². The van der Waals surface area contributed by atoms with Gasteiger partial charge in [-0.2, -0.15) is 0 Å². The van der Waals surface area contributed by atoms with Gasteiger partial charge in [0.25, 0.3) is 0 Å². The Morgan fingerprint density at radius 2 is 1.86 bits per heavy atom. The fourth-order valence-electron chi connectivity index (χ4n) is 2.66. The molecule has 3 aromatic rings. The molecule has 1 aromatic heterocycles. The van der Waals surface area contributed by atoms with E-state index in [9.17, 15) is 0 Å². The van der Waals surface area contributed by atoms with Crippen molar-refractivity contribution in [3.8, 4) is 5.88 Å². The van der Waals surface area contributed by atoms with Crippen LogP contribution in [0.4, 0.5) is 0 Å². The Morgan fingerprint density at radius 1 is 1.00 bits per heavy atom. The Hall–Kier alpha value is -2.26. The Kier molecular flexibility index (Phi) is 2.93. The van der Waals surface area contributed by atoms with Gasteiger partial charge in [-0.05, 0) is 23.8 Å². The lowest BCUT2D eigenvalue weighted by Crippen LogP contribution is -1.95. The van der Waals surface area contributed by atoms with Crippen molar-refractivity contribution in [2.45, 2.75) is 4.90 Å². The SMILES string of the molecule is COc1ncc2c3c(cccc13)SC(c1ccccc1)=C2. The largest absolute Gasteiger partial charge is 0.481 e. The summed E-state index contributed by atoms with van der Waals surface area (Å²) in [5.74, 6) is 0.688. The molecule has 0 unspecified atom stereocenters. The molecule has 1 aliphatic rings. The second-order valence-electron chi connectivity index (χ2n) is 4.88. The van der Waals surface area contributed by atoms with E-state index in [2.05, 4.69) is 53.5 Å². The molecular formula is C18H13NOS. The van der Waals surface area contributed by atoms with Crippen LogP contribution in [0, 0.1) is 0 Å². The van der Waals surface area contributed by atoms with Crippen molar-refractivity contribution in [1.82, 2.24) is 4.98 Å². The van der Waals surface area contributed by atoms with E-state index in [1.54, 1.807) is 18.9 Å². The van der Waals surface area contributed by atoms with E-state index in [4.69, 9.17) is 4.74 Å². The summed E-state index contributed by atoms with van der Waals surface area (Å²) in [6.07, 6.45) is 4.11. The lowest BCUT2D eigenvalue weighted by molar-refractivity contribution is 0.403. The highest BCUT2D eigenvalue weighted by molar-refractivity contribution is 8.08. The van der Waals surface area contributed by atoms with Gasteiger partial charge < -0.3 is 4.74 Å². The van der Waals surface area contributed by atoms with E-state index in [0.29, 0.717) is 5.88 Å². The van der Waals surface area contributed by atoms with Crippen molar-refractivity contribution in [3.63, 3.8) is 0 Å². The fraction of sp³-hybridized carbons (Fsp3) is 0.0556. The molecule has 2 heterocycles. The number of methoxy groups -OCH3 is 1. The number of aromatic nitrogens is 1. The number of rotatable bonds is 2. The van der Waals surface area contributed by atoms with Crippen LogP contribution in [-0.4, -0.2) is 12.1 Å². The summed E-state index contributed by atoms with van der Waals surface area (Å²) in [5.41, 5.74) is 2.39. The minimum absolute atomic E-state index is 0.688. The van der Waals surface area contributed by atoms with Crippen LogP contribution in [0.15, 0.2) is 59.6 Å². The molecule has 3 heteroatoms. The molecule has 21 heavy (non-hydrogen) atoms. The third-order valence-electron chi connectivity index (χ3n) is 3.62. The molecule has 0 atom stereocenters. The lowest BCUT2D eigenvalue weighted by Gasteiger charge is -2.18. The van der Waals surface area contributed by atoms with Crippen molar-refractivity contribution in [2.75, 3.05) is 7.11 Å². The van der Waals surface area contributed by atoms with Crippen LogP contribution in [0.3, 0.4) is 0 Å². The van der Waals surface area contributed by atoms with Gasteiger partial charge in [-0.3, -0.25) is 0 Å². The van der Waals surface area contributed by atoms with Crippen LogP contribution in [0.5, 0.6) is 5.88 Å². The average Bonchev–Trinajstić information content (AvgIpc) is 2.56. The van der Waals surface area contributed by atoms with E-state index in [1.807, 2.05) is 12.3 Å². The normalized spacial score (nSPS) is 13.1. The van der Waals surface area contributed by atoms with Gasteiger partial charge in [0.15, 0.2) is 0 Å². The molecule has 0 fully saturated rings. The van der Waals surface area contributed by atoms with Gasteiger partial charge in [0.1, 0.15) is 0 Å². The van der Waals surface area contributed by atoms with Crippen LogP contribution in [0.1, 0.15) is 11.1 Å². The third kappa shape index (κ3) is 2.01. The van der Waals surface area contributed by atoms with Crippen molar-refractivity contribution in [3.05, 3.63) is 65.9 Å². The number of ether oxygens (including phenoxy) is 1. The first-order chi connectivity index (χ1) is 10.4. The van der Waals surface area contributed by atoms with Crippen molar-refractivity contribution >= 4 is 33.5 Å². The fourth-order valence-corrected chi connectivity index (χ4v) is 3.81. The first-order valence-electron chi connectivity index (χ1n) is 6.77. The molecule has 4 rings (SSSR count). The number of hydrogen-bond donors (Lipinski definition) is 0. The Labute approximate surface area is 127 Å². The standard InChI is InChI=1S/C18H13NOS/c1-20-18-14-8-5-9-15-17(14)13(11-19-18)10-16(21-15)12-6-3-2-4-7-12/h2-11H,1H3. The number of hydrogen-bond acceptors (Lipinski definition) is 3. The minimum atomic E-state index is 0.688. The zero-order valence-corrected chi connectivity index (χ0v) is 12.4. The first kappa shape index (κ1) is 12.5. The van der Waals surface area contributed by atoms with Gasteiger partial charge in [0.05, 0.1) is 7.11 Å². The highest BCUT2D eigenvalue weighted by Crippen LogP contribution is 2.46. The summed E-state index contributed by atoms with van der Waals surface area (Å²) in [4.78, 5) is 6.93. The Morgan fingerprint density at radius 3 is 2.67 bits per heavy atom. The van der Waals surface area contributed by atoms with Crippen LogP contribution < -0.4 is 4.74 Å². The van der Waals surface area contributed by atoms with Gasteiger partial charge >= 0.3 is 0 Å². The number of nitrogens with zero attached hydrogens (tertiary/aromatic N) is 1. The number of pyridine rings is 1. The van der Waals surface area contributed by atoms with Crippen molar-refractivity contribution in [2.24, 2.45) is 0 Å². The molecule has 1 aliphatic heterocycles. The maximum Gasteiger partial charge on any atom is 0.221 e. The van der Waals surface area contributed by atoms with Gasteiger partial charge in [-0.25, -0.2) is 4.98 Å². The summed E-state index contributed by atoms with van der Waals surface area (Å²) in [6, 6.07) is 16.7. The highest BCUT2D eigenvalue weighted by atomic mass is 32.2. The molecule has 0 amide bonds. The first-order valence-corrected chi connectivity index (χ1v) is 7.59. The molecule has 2 aromatic carbocycles. The molecule has 102 valence electrons. The predicted octanol–water partition coefficient (Wildman–Crippen LogP) is 4.85. The van der Waals surface area contributed by atoms with Crippen LogP contribution >= 0.6 is 11.8 Å². The van der Waals surface area contributed by atoms with Gasteiger partial charge in [0.2, 0.25) is 5.88 Å². The molecule has 0 radical (unpaired) electrons. The molecule has 0 saturated carbocycles. The van der Waals surface area contributed by atoms with Crippen molar-refractivity contribution < 1.29 is 4.74 Å². The summed E-state index contributed by atoms with van der Waals surface area (Å²) in [6.45, 7) is 0. The zero-order valence-electron chi connectivity index (χ0n) is 11.5. The second-order valence-corrected chi connectivity index (χ2v) is 5.96. The smallest absolute Gasteiger partial charge is 0.221 e. The lowest BCUT2D eigenvalue weighted by atomic mass is 10.1. The van der Waals surface area contributed by atoms with Crippen LogP contribution in [0.25, 0.3) is 21.8 Å². The van der Waals surface area contributed by atoms with Crippen molar-refractivity contribution in [1.29, 1.82) is 0 Å². The number of benzene rings is 2. The zero-order chi connectivity index (χ0) is 14.2. The summed E-state index contributed by atoms with van der Waals surface area (Å²) >= 11 is 1.80. The van der Waals surface area contributed by atoms with E-state index in [0.717, 1.165) is 10.9 Å². The predicted molar refractivity (Wildman–Crippen MR) is 88.5 cm³/mol. The highest BCUT2D eigenvalue weighted by Gasteiger charge is 2.17. The average molecular weight is 291 g/mol. The number of thioether (sulfide) groups is 1. The van der Waals surface area contributed by atoms with Gasteiger partial charge in [0, 0.05) is 32.3 Å². The monoisotopic (exact) mass is 291 g/mol. The molecule has 0 N–H and O–H groups in total. The van der Waals surface area contributed by atoms with Gasteiger partial charge in [-0.15, -0.1) is 0 Å². The molecule has 0 aliphatic carbocycles. The second kappa shape index (κ2) is 4.93. The minimum Gasteiger partial charge on any atom is -0.481 e. The van der Waals surface area contributed by atoms with E-state index < -0.39 is 0 Å². The quantitative estimate of drug-likeness (QED) is 0.674. The maximum absolute atomic E-state index is 5.38. The third-order valence-corrected chi connectivity index (χ3v) is 4.76. The van der Waals surface area contributed by atoms with E-state index >= 15 is 0 Å². The molecule has 0 spiro atoms. The summed E-state index contributed by atoms with van der Waals surface area (Å²) in [5, 5.41) is 2.30. The molecule has 2 nitrogen and oxygen atoms in total. The Balaban J connectivity index is 1.96. The molecule has 0 bridgehead atoms. The summed E-state index contributed by atoms with van der Waals surface area (Å²) < 4.78 is 5.38. The van der Waals surface area contributed by atoms with E-state index in [-0.39, 0.29) is 0 Å². The summed E-state index contributed by atoms with van der Waals surface area (Å²) in [7, 11) is 1.66. The van der Waals surface area contributed by atoms with E-state index in [1.165, 1.54) is 20.8 Å². The molecule has 0 saturated heterocycles. The Bertz CT molecular complexity index is 856. The van der Waals surface area contributed by atoms with Gasteiger partial charge in [-0.1, -0.05) is 48.2 Å². The maximum atomic E-state index is 5.38.